The number of carbonyl (C=O) groups is 1. The molecule has 0 aliphatic heterocycles. The summed E-state index contributed by atoms with van der Waals surface area (Å²) in [5, 5.41) is 9.27. The van der Waals surface area contributed by atoms with Crippen molar-refractivity contribution in [2.24, 2.45) is 11.3 Å². The normalized spacial score (nSPS) is 19.1. The summed E-state index contributed by atoms with van der Waals surface area (Å²) in [6, 6.07) is 6.41. The molecule has 0 radical (unpaired) electrons. The lowest BCUT2D eigenvalue weighted by Crippen LogP contribution is -2.32. The number of hydrogen-bond donors (Lipinski definition) is 1. The van der Waals surface area contributed by atoms with Crippen LogP contribution in [0.3, 0.4) is 0 Å². The van der Waals surface area contributed by atoms with Crippen molar-refractivity contribution in [1.29, 1.82) is 0 Å². The standard InChI is InChI=1S/C13H15FO2/c1-13(12(15)16,10-6-7-10)8-9-4-2-3-5-11(9)14/h2-5,10H,6-8H2,1H3,(H,15,16). The molecule has 1 aromatic carbocycles. The molecule has 0 heterocycles. The molecular formula is C13H15FO2. The first-order valence-electron chi connectivity index (χ1n) is 5.51. The first kappa shape index (κ1) is 11.1. The van der Waals surface area contributed by atoms with Gasteiger partial charge in [0.15, 0.2) is 0 Å². The highest BCUT2D eigenvalue weighted by molar-refractivity contribution is 5.75. The molecule has 0 bridgehead atoms. The van der Waals surface area contributed by atoms with E-state index in [4.69, 9.17) is 0 Å². The molecule has 86 valence electrons. The van der Waals surface area contributed by atoms with Gasteiger partial charge in [0.1, 0.15) is 5.82 Å². The summed E-state index contributed by atoms with van der Waals surface area (Å²) in [6.45, 7) is 1.72. The quantitative estimate of drug-likeness (QED) is 0.850. The fourth-order valence-corrected chi connectivity index (χ4v) is 2.15. The van der Waals surface area contributed by atoms with Gasteiger partial charge in [0.25, 0.3) is 0 Å². The predicted octanol–water partition coefficient (Wildman–Crippen LogP) is 2.87. The van der Waals surface area contributed by atoms with Gasteiger partial charge in [-0.15, -0.1) is 0 Å². The SMILES string of the molecule is CC(Cc1ccccc1F)(C(=O)O)C1CC1. The van der Waals surface area contributed by atoms with E-state index in [0.717, 1.165) is 12.8 Å². The molecule has 2 nitrogen and oxygen atoms in total. The van der Waals surface area contributed by atoms with Gasteiger partial charge in [0.05, 0.1) is 5.41 Å². The Morgan fingerprint density at radius 2 is 2.12 bits per heavy atom. The molecule has 0 amide bonds. The molecule has 1 saturated carbocycles. The average molecular weight is 222 g/mol. The van der Waals surface area contributed by atoms with E-state index in [1.807, 2.05) is 0 Å². The maximum atomic E-state index is 13.5. The van der Waals surface area contributed by atoms with Crippen molar-refractivity contribution in [2.45, 2.75) is 26.2 Å². The van der Waals surface area contributed by atoms with E-state index in [-0.39, 0.29) is 18.2 Å². The lowest BCUT2D eigenvalue weighted by molar-refractivity contribution is -0.149. The van der Waals surface area contributed by atoms with Crippen molar-refractivity contribution < 1.29 is 14.3 Å². The Labute approximate surface area is 94.1 Å². The molecule has 0 spiro atoms. The Balaban J connectivity index is 2.24. The van der Waals surface area contributed by atoms with Crippen molar-refractivity contribution in [3.63, 3.8) is 0 Å². The monoisotopic (exact) mass is 222 g/mol. The Morgan fingerprint density at radius 1 is 1.50 bits per heavy atom. The van der Waals surface area contributed by atoms with E-state index >= 15 is 0 Å². The summed E-state index contributed by atoms with van der Waals surface area (Å²) in [6.07, 6.45) is 2.16. The highest BCUT2D eigenvalue weighted by atomic mass is 19.1. The number of rotatable bonds is 4. The number of carboxylic acid groups (broad SMARTS) is 1. The molecule has 0 saturated heterocycles. The van der Waals surface area contributed by atoms with Gasteiger partial charge >= 0.3 is 5.97 Å². The largest absolute Gasteiger partial charge is 0.481 e. The van der Waals surface area contributed by atoms with E-state index < -0.39 is 11.4 Å². The second kappa shape index (κ2) is 3.89. The molecule has 16 heavy (non-hydrogen) atoms. The van der Waals surface area contributed by atoms with Crippen LogP contribution in [0.5, 0.6) is 0 Å². The van der Waals surface area contributed by atoms with E-state index in [1.165, 1.54) is 6.07 Å². The van der Waals surface area contributed by atoms with Crippen LogP contribution in [0, 0.1) is 17.2 Å². The minimum atomic E-state index is -0.821. The van der Waals surface area contributed by atoms with Crippen LogP contribution in [-0.4, -0.2) is 11.1 Å². The van der Waals surface area contributed by atoms with Crippen molar-refractivity contribution in [1.82, 2.24) is 0 Å². The summed E-state index contributed by atoms with van der Waals surface area (Å²) in [7, 11) is 0. The molecule has 1 aliphatic carbocycles. The summed E-state index contributed by atoms with van der Waals surface area (Å²) >= 11 is 0. The van der Waals surface area contributed by atoms with Crippen LogP contribution >= 0.6 is 0 Å². The first-order chi connectivity index (χ1) is 7.54. The van der Waals surface area contributed by atoms with Crippen LogP contribution in [0.25, 0.3) is 0 Å². The average Bonchev–Trinajstić information content (AvgIpc) is 3.04. The minimum absolute atomic E-state index is 0.199. The second-order valence-electron chi connectivity index (χ2n) is 4.77. The highest BCUT2D eigenvalue weighted by Crippen LogP contribution is 2.47. The van der Waals surface area contributed by atoms with Gasteiger partial charge in [-0.2, -0.15) is 0 Å². The number of hydrogen-bond acceptors (Lipinski definition) is 1. The third kappa shape index (κ3) is 1.94. The summed E-state index contributed by atoms with van der Waals surface area (Å²) in [4.78, 5) is 11.3. The minimum Gasteiger partial charge on any atom is -0.481 e. The Morgan fingerprint density at radius 3 is 2.62 bits per heavy atom. The van der Waals surface area contributed by atoms with E-state index in [9.17, 15) is 14.3 Å². The lowest BCUT2D eigenvalue weighted by atomic mass is 9.79. The molecule has 1 aliphatic rings. The van der Waals surface area contributed by atoms with Crippen LogP contribution in [0.2, 0.25) is 0 Å². The number of carboxylic acids is 1. The van der Waals surface area contributed by atoms with Crippen LogP contribution in [0.1, 0.15) is 25.3 Å². The first-order valence-corrected chi connectivity index (χ1v) is 5.51. The zero-order valence-electron chi connectivity index (χ0n) is 9.24. The van der Waals surface area contributed by atoms with Crippen molar-refractivity contribution in [3.8, 4) is 0 Å². The van der Waals surface area contributed by atoms with E-state index in [2.05, 4.69) is 0 Å². The number of halogens is 1. The second-order valence-corrected chi connectivity index (χ2v) is 4.77. The molecule has 2 rings (SSSR count). The van der Waals surface area contributed by atoms with E-state index in [1.54, 1.807) is 25.1 Å². The maximum absolute atomic E-state index is 13.5. The maximum Gasteiger partial charge on any atom is 0.309 e. The van der Waals surface area contributed by atoms with Crippen molar-refractivity contribution >= 4 is 5.97 Å². The number of aliphatic carboxylic acids is 1. The van der Waals surface area contributed by atoms with Crippen LogP contribution in [0.15, 0.2) is 24.3 Å². The molecule has 1 fully saturated rings. The van der Waals surface area contributed by atoms with Crippen LogP contribution in [-0.2, 0) is 11.2 Å². The van der Waals surface area contributed by atoms with Gasteiger partial charge in [0, 0.05) is 0 Å². The fourth-order valence-electron chi connectivity index (χ4n) is 2.15. The molecular weight excluding hydrogens is 207 g/mol. The third-order valence-corrected chi connectivity index (χ3v) is 3.48. The third-order valence-electron chi connectivity index (χ3n) is 3.48. The van der Waals surface area contributed by atoms with Gasteiger partial charge in [0.2, 0.25) is 0 Å². The molecule has 0 aromatic heterocycles. The van der Waals surface area contributed by atoms with Gasteiger partial charge in [-0.05, 0) is 43.7 Å². The molecule has 1 N–H and O–H groups in total. The smallest absolute Gasteiger partial charge is 0.309 e. The summed E-state index contributed by atoms with van der Waals surface area (Å²) in [5.41, 5.74) is -0.318. The summed E-state index contributed by atoms with van der Waals surface area (Å²) in [5.74, 6) is -0.932. The lowest BCUT2D eigenvalue weighted by Gasteiger charge is -2.24. The highest BCUT2D eigenvalue weighted by Gasteiger charge is 2.47. The number of benzene rings is 1. The Kier molecular flexibility index (Phi) is 2.70. The summed E-state index contributed by atoms with van der Waals surface area (Å²) < 4.78 is 13.5. The molecule has 1 unspecified atom stereocenters. The van der Waals surface area contributed by atoms with Gasteiger partial charge in [-0.3, -0.25) is 4.79 Å². The van der Waals surface area contributed by atoms with Gasteiger partial charge < -0.3 is 5.11 Å². The van der Waals surface area contributed by atoms with Gasteiger partial charge in [-0.25, -0.2) is 4.39 Å². The zero-order chi connectivity index (χ0) is 11.8. The van der Waals surface area contributed by atoms with Crippen LogP contribution in [0.4, 0.5) is 4.39 Å². The predicted molar refractivity (Wildman–Crippen MR) is 58.6 cm³/mol. The van der Waals surface area contributed by atoms with Gasteiger partial charge in [-0.1, -0.05) is 18.2 Å². The molecule has 3 heteroatoms. The van der Waals surface area contributed by atoms with Crippen molar-refractivity contribution in [2.75, 3.05) is 0 Å². The topological polar surface area (TPSA) is 37.3 Å². The Hall–Kier alpha value is -1.38. The molecule has 1 aromatic rings. The Bertz CT molecular complexity index is 412. The molecule has 1 atom stereocenters. The zero-order valence-corrected chi connectivity index (χ0v) is 9.24. The van der Waals surface area contributed by atoms with E-state index in [0.29, 0.717) is 5.56 Å². The van der Waals surface area contributed by atoms with Crippen LogP contribution < -0.4 is 0 Å². The fraction of sp³-hybridized carbons (Fsp3) is 0.462. The van der Waals surface area contributed by atoms with Crippen molar-refractivity contribution in [3.05, 3.63) is 35.6 Å².